The van der Waals surface area contributed by atoms with Crippen LogP contribution in [0.3, 0.4) is 0 Å². The van der Waals surface area contributed by atoms with Crippen molar-refractivity contribution in [3.63, 3.8) is 0 Å². The van der Waals surface area contributed by atoms with Crippen molar-refractivity contribution in [2.24, 2.45) is 4.99 Å². The van der Waals surface area contributed by atoms with E-state index in [1.165, 1.54) is 11.3 Å². The Morgan fingerprint density at radius 2 is 1.82 bits per heavy atom. The fourth-order valence-corrected chi connectivity index (χ4v) is 6.34. The number of fused-ring (bicyclic) bond motifs is 1. The second kappa shape index (κ2) is 12.1. The lowest BCUT2D eigenvalue weighted by Crippen LogP contribution is -2.39. The van der Waals surface area contributed by atoms with Gasteiger partial charge in [0.05, 0.1) is 32.0 Å². The van der Waals surface area contributed by atoms with Crippen molar-refractivity contribution in [1.29, 1.82) is 0 Å². The number of rotatable bonds is 7. The standard InChI is InChI=1S/C31H26ClIN2O4S/c1-4-38-30(37)27-19(3)34-31-35(28(27)22-10-5-18(2)6-11-22)29(36)26(40-31)16-21-9-14-25(24(33)15-21)39-17-20-7-12-23(32)13-8-20/h5-16,28H,4,17H2,1-3H3/b26-16+/t28-/m1/s1. The average molecular weight is 685 g/mol. The second-order valence-corrected chi connectivity index (χ2v) is 11.9. The monoisotopic (exact) mass is 684 g/mol. The van der Waals surface area contributed by atoms with Crippen molar-refractivity contribution in [2.45, 2.75) is 33.4 Å². The predicted molar refractivity (Wildman–Crippen MR) is 167 cm³/mol. The van der Waals surface area contributed by atoms with Gasteiger partial charge in [0.15, 0.2) is 4.80 Å². The van der Waals surface area contributed by atoms with Gasteiger partial charge < -0.3 is 9.47 Å². The molecule has 1 atom stereocenters. The Bertz CT molecular complexity index is 1790. The summed E-state index contributed by atoms with van der Waals surface area (Å²) in [4.78, 5) is 32.0. The number of carbonyl (C=O) groups is 1. The lowest BCUT2D eigenvalue weighted by Gasteiger charge is -2.24. The van der Waals surface area contributed by atoms with Crippen LogP contribution in [-0.2, 0) is 16.1 Å². The normalized spacial score (nSPS) is 15.0. The third-order valence-electron chi connectivity index (χ3n) is 6.47. The van der Waals surface area contributed by atoms with Gasteiger partial charge in [0.25, 0.3) is 5.56 Å². The summed E-state index contributed by atoms with van der Waals surface area (Å²) in [6.45, 7) is 6.21. The number of benzene rings is 3. The van der Waals surface area contributed by atoms with Crippen molar-refractivity contribution in [1.82, 2.24) is 4.57 Å². The maximum Gasteiger partial charge on any atom is 0.338 e. The minimum absolute atomic E-state index is 0.207. The SMILES string of the molecule is CCOC(=O)C1=C(C)N=c2s/c(=C/c3ccc(OCc4ccc(Cl)cc4)c(I)c3)c(=O)n2[C@@H]1c1ccc(C)cc1. The molecule has 0 aliphatic carbocycles. The number of thiazole rings is 1. The first kappa shape index (κ1) is 28.3. The molecule has 2 heterocycles. The largest absolute Gasteiger partial charge is 0.488 e. The van der Waals surface area contributed by atoms with Gasteiger partial charge in [0, 0.05) is 5.02 Å². The van der Waals surface area contributed by atoms with Crippen LogP contribution in [0.2, 0.25) is 5.02 Å². The van der Waals surface area contributed by atoms with Gasteiger partial charge in [0.2, 0.25) is 0 Å². The Balaban J connectivity index is 1.51. The highest BCUT2D eigenvalue weighted by Crippen LogP contribution is 2.31. The van der Waals surface area contributed by atoms with Crippen LogP contribution in [0.5, 0.6) is 5.75 Å². The Labute approximate surface area is 254 Å². The molecule has 0 fully saturated rings. The summed E-state index contributed by atoms with van der Waals surface area (Å²) in [5.41, 5.74) is 4.52. The molecule has 0 saturated carbocycles. The van der Waals surface area contributed by atoms with Crippen LogP contribution < -0.4 is 19.6 Å². The molecule has 6 nitrogen and oxygen atoms in total. The Kier molecular flexibility index (Phi) is 8.58. The molecule has 0 saturated heterocycles. The zero-order valence-electron chi connectivity index (χ0n) is 22.1. The molecule has 4 aromatic rings. The van der Waals surface area contributed by atoms with Crippen molar-refractivity contribution >= 4 is 57.6 Å². The minimum Gasteiger partial charge on any atom is -0.488 e. The third kappa shape index (κ3) is 5.94. The number of ether oxygens (including phenoxy) is 2. The first-order chi connectivity index (χ1) is 19.2. The number of aromatic nitrogens is 1. The van der Waals surface area contributed by atoms with Crippen LogP contribution in [-0.4, -0.2) is 17.1 Å². The van der Waals surface area contributed by atoms with Gasteiger partial charge in [-0.1, -0.05) is 71.0 Å². The van der Waals surface area contributed by atoms with E-state index in [0.717, 1.165) is 31.6 Å². The van der Waals surface area contributed by atoms with Crippen molar-refractivity contribution < 1.29 is 14.3 Å². The molecule has 204 valence electrons. The van der Waals surface area contributed by atoms with Crippen LogP contribution >= 0.6 is 45.5 Å². The molecule has 0 unspecified atom stereocenters. The number of hydrogen-bond acceptors (Lipinski definition) is 6. The molecule has 0 radical (unpaired) electrons. The van der Waals surface area contributed by atoms with Gasteiger partial charge in [-0.05, 0) is 90.4 Å². The molecule has 1 aliphatic heterocycles. The van der Waals surface area contributed by atoms with E-state index in [1.54, 1.807) is 18.4 Å². The number of esters is 1. The van der Waals surface area contributed by atoms with Crippen LogP contribution in [0, 0.1) is 10.5 Å². The highest BCUT2D eigenvalue weighted by molar-refractivity contribution is 14.1. The van der Waals surface area contributed by atoms with Crippen molar-refractivity contribution in [3.8, 4) is 5.75 Å². The maximum atomic E-state index is 13.8. The molecule has 1 aliphatic rings. The van der Waals surface area contributed by atoms with E-state index < -0.39 is 12.0 Å². The molecule has 1 aromatic heterocycles. The van der Waals surface area contributed by atoms with Gasteiger partial charge in [-0.25, -0.2) is 9.79 Å². The van der Waals surface area contributed by atoms with Crippen LogP contribution in [0.15, 0.2) is 87.8 Å². The van der Waals surface area contributed by atoms with Gasteiger partial charge in [-0.15, -0.1) is 0 Å². The third-order valence-corrected chi connectivity index (χ3v) is 8.55. The maximum absolute atomic E-state index is 13.8. The smallest absolute Gasteiger partial charge is 0.338 e. The predicted octanol–water partition coefficient (Wildman–Crippen LogP) is 5.94. The van der Waals surface area contributed by atoms with E-state index in [4.69, 9.17) is 21.1 Å². The van der Waals surface area contributed by atoms with Gasteiger partial charge in [0.1, 0.15) is 12.4 Å². The number of aryl methyl sites for hydroxylation is 1. The zero-order valence-corrected chi connectivity index (χ0v) is 25.8. The van der Waals surface area contributed by atoms with E-state index in [9.17, 15) is 9.59 Å². The second-order valence-electron chi connectivity index (χ2n) is 9.32. The van der Waals surface area contributed by atoms with Crippen LogP contribution in [0.4, 0.5) is 0 Å². The molecule has 0 spiro atoms. The summed E-state index contributed by atoms with van der Waals surface area (Å²) in [5.74, 6) is 0.288. The lowest BCUT2D eigenvalue weighted by atomic mass is 9.95. The Morgan fingerprint density at radius 1 is 1.10 bits per heavy atom. The summed E-state index contributed by atoms with van der Waals surface area (Å²) in [6, 6.07) is 20.6. The number of carbonyl (C=O) groups excluding carboxylic acids is 1. The number of hydrogen-bond donors (Lipinski definition) is 0. The van der Waals surface area contributed by atoms with Gasteiger partial charge >= 0.3 is 5.97 Å². The minimum atomic E-state index is -0.623. The van der Waals surface area contributed by atoms with Crippen molar-refractivity contribution in [3.05, 3.63) is 129 Å². The Morgan fingerprint density at radius 3 is 2.50 bits per heavy atom. The topological polar surface area (TPSA) is 69.9 Å². The molecule has 0 bridgehead atoms. The average Bonchev–Trinajstić information content (AvgIpc) is 3.23. The Hall–Kier alpha value is -3.21. The molecule has 40 heavy (non-hydrogen) atoms. The van der Waals surface area contributed by atoms with E-state index in [-0.39, 0.29) is 12.2 Å². The molecule has 5 rings (SSSR count). The van der Waals surface area contributed by atoms with Gasteiger partial charge in [-0.2, -0.15) is 0 Å². The number of halogens is 2. The van der Waals surface area contributed by atoms with Crippen LogP contribution in [0.1, 0.15) is 42.1 Å². The molecule has 3 aromatic carbocycles. The van der Waals surface area contributed by atoms with Gasteiger partial charge in [-0.3, -0.25) is 9.36 Å². The summed E-state index contributed by atoms with van der Waals surface area (Å²) >= 11 is 9.51. The highest BCUT2D eigenvalue weighted by Gasteiger charge is 2.33. The van der Waals surface area contributed by atoms with E-state index in [0.29, 0.717) is 32.2 Å². The van der Waals surface area contributed by atoms with E-state index in [2.05, 4.69) is 27.6 Å². The van der Waals surface area contributed by atoms with Crippen LogP contribution in [0.25, 0.3) is 6.08 Å². The van der Waals surface area contributed by atoms with E-state index >= 15 is 0 Å². The van der Waals surface area contributed by atoms with E-state index in [1.807, 2.05) is 79.7 Å². The molecule has 0 N–H and O–H groups in total. The highest BCUT2D eigenvalue weighted by atomic mass is 127. The summed E-state index contributed by atoms with van der Waals surface area (Å²) in [6.07, 6.45) is 1.85. The quantitative estimate of drug-likeness (QED) is 0.179. The molecule has 0 amide bonds. The first-order valence-corrected chi connectivity index (χ1v) is 15.0. The van der Waals surface area contributed by atoms with Crippen molar-refractivity contribution in [2.75, 3.05) is 6.61 Å². The summed E-state index contributed by atoms with van der Waals surface area (Å²) in [5, 5.41) is 0.686. The fourth-order valence-electron chi connectivity index (χ4n) is 4.47. The fraction of sp³-hybridized carbons (Fsp3) is 0.194. The summed E-state index contributed by atoms with van der Waals surface area (Å²) < 4.78 is 14.4. The molecular formula is C31H26ClIN2O4S. The first-order valence-electron chi connectivity index (χ1n) is 12.7. The lowest BCUT2D eigenvalue weighted by molar-refractivity contribution is -0.139. The number of nitrogens with zero attached hydrogens (tertiary/aromatic N) is 2. The molecule has 9 heteroatoms. The summed E-state index contributed by atoms with van der Waals surface area (Å²) in [7, 11) is 0. The molecular weight excluding hydrogens is 659 g/mol. The zero-order chi connectivity index (χ0) is 28.4. The number of allylic oxidation sites excluding steroid dienone is 1.